The second-order valence-electron chi connectivity index (χ2n) is 5.71. The van der Waals surface area contributed by atoms with Gasteiger partial charge in [-0.2, -0.15) is 0 Å². The number of anilines is 1. The zero-order chi connectivity index (χ0) is 15.3. The minimum atomic E-state index is -0.662. The van der Waals surface area contributed by atoms with Gasteiger partial charge in [0.2, 0.25) is 5.91 Å². The van der Waals surface area contributed by atoms with Crippen LogP contribution in [0.1, 0.15) is 13.8 Å². The molecule has 6 heteroatoms. The van der Waals surface area contributed by atoms with E-state index in [2.05, 4.69) is 5.32 Å². The Balaban J connectivity index is 2.57. The topological polar surface area (TPSA) is 58.4 Å². The number of likely N-dealkylation sites (N-methyl/N-ethyl adjacent to an activating group) is 1. The summed E-state index contributed by atoms with van der Waals surface area (Å²) >= 11 is 0. The summed E-state index contributed by atoms with van der Waals surface area (Å²) < 4.78 is 26.4. The van der Waals surface area contributed by atoms with Gasteiger partial charge in [0, 0.05) is 12.6 Å². The van der Waals surface area contributed by atoms with Crippen molar-refractivity contribution in [2.75, 3.05) is 32.0 Å². The van der Waals surface area contributed by atoms with Crippen molar-refractivity contribution in [1.29, 1.82) is 0 Å². The second-order valence-corrected chi connectivity index (χ2v) is 5.71. The molecule has 1 aromatic carbocycles. The lowest BCUT2D eigenvalue weighted by atomic mass is 9.93. The maximum atomic E-state index is 13.4. The van der Waals surface area contributed by atoms with Crippen molar-refractivity contribution in [3.63, 3.8) is 0 Å². The molecule has 0 heterocycles. The predicted octanol–water partition coefficient (Wildman–Crippen LogP) is 1.82. The minimum absolute atomic E-state index is 0.0827. The first-order valence-electron chi connectivity index (χ1n) is 6.37. The van der Waals surface area contributed by atoms with E-state index in [9.17, 15) is 13.6 Å². The van der Waals surface area contributed by atoms with E-state index >= 15 is 0 Å². The van der Waals surface area contributed by atoms with Crippen LogP contribution >= 0.6 is 0 Å². The lowest BCUT2D eigenvalue weighted by Crippen LogP contribution is -2.40. The lowest BCUT2D eigenvalue weighted by Gasteiger charge is -2.28. The summed E-state index contributed by atoms with van der Waals surface area (Å²) in [5.41, 5.74) is 5.36. The molecule has 0 fully saturated rings. The average Bonchev–Trinajstić information content (AvgIpc) is 2.33. The maximum absolute atomic E-state index is 13.4. The van der Waals surface area contributed by atoms with E-state index < -0.39 is 17.5 Å². The van der Waals surface area contributed by atoms with Crippen LogP contribution in [0.3, 0.4) is 0 Å². The molecule has 0 atom stereocenters. The number of nitrogens with zero attached hydrogens (tertiary/aromatic N) is 1. The molecule has 1 rings (SSSR count). The Morgan fingerprint density at radius 2 is 2.05 bits per heavy atom. The Morgan fingerprint density at radius 1 is 1.40 bits per heavy atom. The Hall–Kier alpha value is -1.53. The molecule has 0 saturated heterocycles. The van der Waals surface area contributed by atoms with Crippen molar-refractivity contribution in [3.05, 3.63) is 29.8 Å². The first-order valence-corrected chi connectivity index (χ1v) is 6.37. The van der Waals surface area contributed by atoms with Crippen LogP contribution in [0.25, 0.3) is 0 Å². The van der Waals surface area contributed by atoms with Gasteiger partial charge >= 0.3 is 0 Å². The van der Waals surface area contributed by atoms with Gasteiger partial charge in [0.25, 0.3) is 0 Å². The van der Waals surface area contributed by atoms with Gasteiger partial charge in [-0.05, 0) is 31.1 Å². The molecule has 0 aromatic heterocycles. The number of carbonyl (C=O) groups is 1. The third-order valence-electron chi connectivity index (χ3n) is 2.87. The number of nitrogens with one attached hydrogen (secondary N) is 1. The fraction of sp³-hybridized carbons (Fsp3) is 0.500. The molecule has 0 aliphatic rings. The number of amides is 1. The highest BCUT2D eigenvalue weighted by Crippen LogP contribution is 2.16. The van der Waals surface area contributed by atoms with Gasteiger partial charge < -0.3 is 11.1 Å². The summed E-state index contributed by atoms with van der Waals surface area (Å²) in [5, 5.41) is 2.36. The van der Waals surface area contributed by atoms with E-state index in [-0.39, 0.29) is 17.6 Å². The molecule has 0 saturated carbocycles. The van der Waals surface area contributed by atoms with E-state index in [0.717, 1.165) is 18.2 Å². The summed E-state index contributed by atoms with van der Waals surface area (Å²) in [5.74, 6) is -1.66. The van der Waals surface area contributed by atoms with Crippen molar-refractivity contribution >= 4 is 11.6 Å². The predicted molar refractivity (Wildman–Crippen MR) is 75.3 cm³/mol. The van der Waals surface area contributed by atoms with Crippen molar-refractivity contribution in [3.8, 4) is 0 Å². The van der Waals surface area contributed by atoms with Crippen LogP contribution in [0.5, 0.6) is 0 Å². The number of nitrogens with two attached hydrogens (primary N) is 1. The third kappa shape index (κ3) is 5.22. The van der Waals surface area contributed by atoms with Crippen molar-refractivity contribution in [1.82, 2.24) is 4.90 Å². The van der Waals surface area contributed by atoms with Crippen molar-refractivity contribution < 1.29 is 13.6 Å². The van der Waals surface area contributed by atoms with Gasteiger partial charge in [-0.25, -0.2) is 8.78 Å². The van der Waals surface area contributed by atoms with Gasteiger partial charge in [0.15, 0.2) is 0 Å². The van der Waals surface area contributed by atoms with Gasteiger partial charge in [-0.3, -0.25) is 9.69 Å². The van der Waals surface area contributed by atoms with Crippen LogP contribution in [0.2, 0.25) is 0 Å². The van der Waals surface area contributed by atoms with Crippen LogP contribution in [0.4, 0.5) is 14.5 Å². The first-order chi connectivity index (χ1) is 9.23. The minimum Gasteiger partial charge on any atom is -0.330 e. The van der Waals surface area contributed by atoms with E-state index in [0.29, 0.717) is 13.1 Å². The van der Waals surface area contributed by atoms with Crippen LogP contribution in [-0.4, -0.2) is 37.5 Å². The summed E-state index contributed by atoms with van der Waals surface area (Å²) in [6, 6.07) is 2.93. The second kappa shape index (κ2) is 6.76. The quantitative estimate of drug-likeness (QED) is 0.838. The standard InChI is InChI=1S/C14H21F2N3O/c1-14(2,8-17)9-19(3)7-13(20)18-12-6-10(15)4-5-11(12)16/h4-6H,7-9,17H2,1-3H3,(H,18,20). The average molecular weight is 285 g/mol. The van der Waals surface area contributed by atoms with Crippen LogP contribution in [0, 0.1) is 17.0 Å². The largest absolute Gasteiger partial charge is 0.330 e. The summed E-state index contributed by atoms with van der Waals surface area (Å²) in [6.07, 6.45) is 0. The van der Waals surface area contributed by atoms with Gasteiger partial charge in [0.1, 0.15) is 11.6 Å². The highest BCUT2D eigenvalue weighted by molar-refractivity contribution is 5.92. The van der Waals surface area contributed by atoms with E-state index in [1.807, 2.05) is 13.8 Å². The summed E-state index contributed by atoms with van der Waals surface area (Å²) in [6.45, 7) is 5.20. The molecular formula is C14H21F2N3O. The van der Waals surface area contributed by atoms with E-state index in [4.69, 9.17) is 5.73 Å². The van der Waals surface area contributed by atoms with Gasteiger partial charge in [-0.15, -0.1) is 0 Å². The molecule has 1 amide bonds. The van der Waals surface area contributed by atoms with Crippen LogP contribution in [-0.2, 0) is 4.79 Å². The van der Waals surface area contributed by atoms with Gasteiger partial charge in [-0.1, -0.05) is 13.8 Å². The third-order valence-corrected chi connectivity index (χ3v) is 2.87. The zero-order valence-electron chi connectivity index (χ0n) is 12.0. The Morgan fingerprint density at radius 3 is 2.65 bits per heavy atom. The fourth-order valence-electron chi connectivity index (χ4n) is 1.88. The molecule has 112 valence electrons. The highest BCUT2D eigenvalue weighted by Gasteiger charge is 2.19. The molecule has 1 aromatic rings. The number of hydrogen-bond acceptors (Lipinski definition) is 3. The first kappa shape index (κ1) is 16.5. The fourth-order valence-corrected chi connectivity index (χ4v) is 1.88. The van der Waals surface area contributed by atoms with E-state index in [1.54, 1.807) is 11.9 Å². The molecule has 0 aliphatic carbocycles. The van der Waals surface area contributed by atoms with Crippen molar-refractivity contribution in [2.24, 2.45) is 11.1 Å². The summed E-state index contributed by atoms with van der Waals surface area (Å²) in [4.78, 5) is 13.6. The number of benzene rings is 1. The SMILES string of the molecule is CN(CC(=O)Nc1cc(F)ccc1F)CC(C)(C)CN. The molecule has 20 heavy (non-hydrogen) atoms. The van der Waals surface area contributed by atoms with Gasteiger partial charge in [0.05, 0.1) is 12.2 Å². The maximum Gasteiger partial charge on any atom is 0.238 e. The van der Waals surface area contributed by atoms with Crippen molar-refractivity contribution in [2.45, 2.75) is 13.8 Å². The monoisotopic (exact) mass is 285 g/mol. The molecule has 0 radical (unpaired) electrons. The molecule has 4 nitrogen and oxygen atoms in total. The Kier molecular flexibility index (Phi) is 5.59. The molecule has 0 aliphatic heterocycles. The molecular weight excluding hydrogens is 264 g/mol. The number of hydrogen-bond donors (Lipinski definition) is 2. The normalized spacial score (nSPS) is 11.8. The number of halogens is 2. The number of carbonyl (C=O) groups excluding carboxylic acids is 1. The molecule has 0 unspecified atom stereocenters. The van der Waals surface area contributed by atoms with Crippen LogP contribution < -0.4 is 11.1 Å². The molecule has 3 N–H and O–H groups in total. The zero-order valence-corrected chi connectivity index (χ0v) is 12.0. The molecule has 0 spiro atoms. The summed E-state index contributed by atoms with van der Waals surface area (Å²) in [7, 11) is 1.78. The Bertz CT molecular complexity index is 477. The smallest absolute Gasteiger partial charge is 0.238 e. The number of rotatable bonds is 6. The molecule has 0 bridgehead atoms. The van der Waals surface area contributed by atoms with E-state index in [1.165, 1.54) is 0 Å². The van der Waals surface area contributed by atoms with Crippen LogP contribution in [0.15, 0.2) is 18.2 Å². The Labute approximate surface area is 117 Å². The lowest BCUT2D eigenvalue weighted by molar-refractivity contribution is -0.117. The highest BCUT2D eigenvalue weighted by atomic mass is 19.1.